The van der Waals surface area contributed by atoms with E-state index in [-0.39, 0.29) is 0 Å². The molecule has 0 fully saturated rings. The molecule has 0 aliphatic carbocycles. The van der Waals surface area contributed by atoms with Crippen molar-refractivity contribution in [1.29, 1.82) is 0 Å². The minimum absolute atomic E-state index is 0.553. The first-order chi connectivity index (χ1) is 12.6. The highest BCUT2D eigenvalue weighted by Crippen LogP contribution is 2.25. The van der Waals surface area contributed by atoms with Gasteiger partial charge in [0.15, 0.2) is 0 Å². The third kappa shape index (κ3) is 5.02. The van der Waals surface area contributed by atoms with Crippen molar-refractivity contribution in [3.8, 4) is 11.5 Å². The van der Waals surface area contributed by atoms with Crippen LogP contribution >= 0.6 is 15.9 Å². The third-order valence-corrected chi connectivity index (χ3v) is 4.60. The predicted molar refractivity (Wildman–Crippen MR) is 110 cm³/mol. The number of anilines is 1. The molecule has 134 valence electrons. The zero-order valence-electron chi connectivity index (χ0n) is 15.0. The molecule has 0 saturated heterocycles. The molecule has 1 N–H and O–H groups in total. The molecule has 0 aromatic heterocycles. The van der Waals surface area contributed by atoms with Crippen LogP contribution in [0.15, 0.2) is 71.2 Å². The molecule has 0 unspecified atom stereocenters. The van der Waals surface area contributed by atoms with Gasteiger partial charge in [-0.2, -0.15) is 0 Å². The van der Waals surface area contributed by atoms with Crippen LogP contribution in [-0.4, -0.2) is 7.11 Å². The highest BCUT2D eigenvalue weighted by atomic mass is 79.9. The van der Waals surface area contributed by atoms with Crippen molar-refractivity contribution in [2.75, 3.05) is 12.4 Å². The molecule has 3 aromatic rings. The number of aryl methyl sites for hydroxylation is 1. The third-order valence-electron chi connectivity index (χ3n) is 4.11. The van der Waals surface area contributed by atoms with Crippen LogP contribution in [0.1, 0.15) is 16.7 Å². The lowest BCUT2D eigenvalue weighted by Crippen LogP contribution is -2.04. The zero-order valence-corrected chi connectivity index (χ0v) is 16.5. The Balaban J connectivity index is 1.67. The van der Waals surface area contributed by atoms with Gasteiger partial charge >= 0.3 is 0 Å². The lowest BCUT2D eigenvalue weighted by molar-refractivity contribution is 0.303. The number of nitrogens with one attached hydrogen (secondary N) is 1. The molecular weight excluding hydrogens is 390 g/mol. The molecule has 0 aliphatic rings. The van der Waals surface area contributed by atoms with Crippen LogP contribution in [0.2, 0.25) is 0 Å². The normalized spacial score (nSPS) is 10.4. The summed E-state index contributed by atoms with van der Waals surface area (Å²) in [4.78, 5) is 0. The van der Waals surface area contributed by atoms with Gasteiger partial charge in [-0.1, -0.05) is 45.8 Å². The Hall–Kier alpha value is -2.46. The zero-order chi connectivity index (χ0) is 18.4. The minimum Gasteiger partial charge on any atom is -0.497 e. The molecule has 3 rings (SSSR count). The minimum atomic E-state index is 0.553. The van der Waals surface area contributed by atoms with E-state index < -0.39 is 0 Å². The highest BCUT2D eigenvalue weighted by Gasteiger charge is 2.06. The van der Waals surface area contributed by atoms with E-state index in [0.29, 0.717) is 13.2 Å². The van der Waals surface area contributed by atoms with Crippen molar-refractivity contribution in [3.63, 3.8) is 0 Å². The largest absolute Gasteiger partial charge is 0.497 e. The molecular formula is C22H22BrNO2. The van der Waals surface area contributed by atoms with Crippen LogP contribution in [0.4, 0.5) is 5.69 Å². The monoisotopic (exact) mass is 411 g/mol. The summed E-state index contributed by atoms with van der Waals surface area (Å²) in [5.74, 6) is 1.73. The van der Waals surface area contributed by atoms with E-state index in [0.717, 1.165) is 32.8 Å². The average molecular weight is 412 g/mol. The van der Waals surface area contributed by atoms with Crippen LogP contribution < -0.4 is 14.8 Å². The number of hydrogen-bond acceptors (Lipinski definition) is 3. The molecule has 0 amide bonds. The molecule has 0 saturated carbocycles. The van der Waals surface area contributed by atoms with Gasteiger partial charge in [0.2, 0.25) is 0 Å². The number of benzene rings is 3. The van der Waals surface area contributed by atoms with E-state index in [1.807, 2.05) is 36.4 Å². The van der Waals surface area contributed by atoms with Crippen molar-refractivity contribution in [3.05, 3.63) is 87.9 Å². The molecule has 0 aliphatic heterocycles. The second-order valence-electron chi connectivity index (χ2n) is 6.11. The Morgan fingerprint density at radius 1 is 0.923 bits per heavy atom. The second kappa shape index (κ2) is 8.77. The maximum atomic E-state index is 6.06. The summed E-state index contributed by atoms with van der Waals surface area (Å²) in [7, 11) is 1.67. The van der Waals surface area contributed by atoms with Crippen molar-refractivity contribution >= 4 is 21.6 Å². The van der Waals surface area contributed by atoms with Crippen molar-refractivity contribution in [2.45, 2.75) is 20.1 Å². The number of halogens is 1. The highest BCUT2D eigenvalue weighted by molar-refractivity contribution is 9.10. The van der Waals surface area contributed by atoms with Crippen molar-refractivity contribution in [1.82, 2.24) is 0 Å². The summed E-state index contributed by atoms with van der Waals surface area (Å²) in [6.07, 6.45) is 0. The van der Waals surface area contributed by atoms with E-state index in [4.69, 9.17) is 9.47 Å². The molecule has 3 aromatic carbocycles. The van der Waals surface area contributed by atoms with Crippen LogP contribution in [-0.2, 0) is 13.2 Å². The molecule has 26 heavy (non-hydrogen) atoms. The van der Waals surface area contributed by atoms with E-state index in [9.17, 15) is 0 Å². The van der Waals surface area contributed by atoms with E-state index in [2.05, 4.69) is 58.5 Å². The molecule has 3 nitrogen and oxygen atoms in total. The fraction of sp³-hybridized carbons (Fsp3) is 0.182. The van der Waals surface area contributed by atoms with Crippen molar-refractivity contribution in [2.24, 2.45) is 0 Å². The first-order valence-electron chi connectivity index (χ1n) is 8.49. The fourth-order valence-electron chi connectivity index (χ4n) is 2.58. The summed E-state index contributed by atoms with van der Waals surface area (Å²) in [5.41, 5.74) is 4.55. The Morgan fingerprint density at radius 2 is 1.65 bits per heavy atom. The lowest BCUT2D eigenvalue weighted by atomic mass is 10.1. The van der Waals surface area contributed by atoms with E-state index >= 15 is 0 Å². The number of methoxy groups -OCH3 is 1. The van der Waals surface area contributed by atoms with Gasteiger partial charge in [0.1, 0.15) is 18.1 Å². The van der Waals surface area contributed by atoms with Crippen LogP contribution in [0.25, 0.3) is 0 Å². The van der Waals surface area contributed by atoms with Gasteiger partial charge in [0, 0.05) is 22.3 Å². The first kappa shape index (κ1) is 18.3. The Morgan fingerprint density at radius 3 is 2.35 bits per heavy atom. The first-order valence-corrected chi connectivity index (χ1v) is 9.28. The van der Waals surface area contributed by atoms with Gasteiger partial charge in [-0.25, -0.2) is 0 Å². The number of hydrogen-bond donors (Lipinski definition) is 1. The van der Waals surface area contributed by atoms with Crippen LogP contribution in [0.3, 0.4) is 0 Å². The molecule has 0 radical (unpaired) electrons. The quantitative estimate of drug-likeness (QED) is 0.520. The average Bonchev–Trinajstić information content (AvgIpc) is 2.67. The molecule has 0 bridgehead atoms. The fourth-order valence-corrected chi connectivity index (χ4v) is 2.99. The smallest absolute Gasteiger partial charge is 0.124 e. The Labute approximate surface area is 163 Å². The number of rotatable bonds is 7. The number of ether oxygens (including phenoxy) is 2. The summed E-state index contributed by atoms with van der Waals surface area (Å²) in [5, 5.41) is 3.43. The van der Waals surface area contributed by atoms with Gasteiger partial charge in [-0.05, 0) is 55.0 Å². The van der Waals surface area contributed by atoms with Gasteiger partial charge in [-0.15, -0.1) is 0 Å². The summed E-state index contributed by atoms with van der Waals surface area (Å²) in [6, 6.07) is 22.4. The molecule has 4 heteroatoms. The standard InChI is InChI=1S/C22H22BrNO2/c1-16-3-5-17(6-4-16)15-26-22-12-7-19(23)13-18(22)14-24-20-8-10-21(25-2)11-9-20/h3-13,24H,14-15H2,1-2H3. The van der Waals surface area contributed by atoms with Crippen LogP contribution in [0.5, 0.6) is 11.5 Å². The second-order valence-corrected chi connectivity index (χ2v) is 7.02. The maximum Gasteiger partial charge on any atom is 0.124 e. The topological polar surface area (TPSA) is 30.5 Å². The maximum absolute atomic E-state index is 6.06. The van der Waals surface area contributed by atoms with Crippen LogP contribution in [0, 0.1) is 6.92 Å². The van der Waals surface area contributed by atoms with Gasteiger partial charge in [0.05, 0.1) is 7.11 Å². The Kier molecular flexibility index (Phi) is 6.18. The molecule has 0 atom stereocenters. The van der Waals surface area contributed by atoms with Gasteiger partial charge in [-0.3, -0.25) is 0 Å². The van der Waals surface area contributed by atoms with Gasteiger partial charge < -0.3 is 14.8 Å². The van der Waals surface area contributed by atoms with Crippen molar-refractivity contribution < 1.29 is 9.47 Å². The van der Waals surface area contributed by atoms with E-state index in [1.165, 1.54) is 5.56 Å². The lowest BCUT2D eigenvalue weighted by Gasteiger charge is -2.14. The molecule has 0 spiro atoms. The Bertz CT molecular complexity index is 845. The summed E-state index contributed by atoms with van der Waals surface area (Å²) < 4.78 is 12.3. The summed E-state index contributed by atoms with van der Waals surface area (Å²) in [6.45, 7) is 3.31. The summed E-state index contributed by atoms with van der Waals surface area (Å²) >= 11 is 3.55. The van der Waals surface area contributed by atoms with E-state index in [1.54, 1.807) is 7.11 Å². The molecule has 0 heterocycles. The van der Waals surface area contributed by atoms with Gasteiger partial charge in [0.25, 0.3) is 0 Å². The predicted octanol–water partition coefficient (Wildman–Crippen LogP) is 5.96. The SMILES string of the molecule is COc1ccc(NCc2cc(Br)ccc2OCc2ccc(C)cc2)cc1.